The first kappa shape index (κ1) is 14.3. The number of rotatable bonds is 2. The van der Waals surface area contributed by atoms with Crippen LogP contribution in [0, 0.1) is 0 Å². The van der Waals surface area contributed by atoms with Crippen LogP contribution in [0.5, 0.6) is 0 Å². The average molecular weight is 531 g/mol. The molecule has 0 saturated carbocycles. The molecule has 1 aliphatic heterocycles. The Kier molecular flexibility index (Phi) is 5.44. The Labute approximate surface area is 119 Å². The van der Waals surface area contributed by atoms with E-state index < -0.39 is 18.3 Å². The summed E-state index contributed by atoms with van der Waals surface area (Å²) >= 11 is -1.61. The molecular weight excluding hydrogens is 515 g/mol. The van der Waals surface area contributed by atoms with Gasteiger partial charge in [0.25, 0.3) is 0 Å². The topological polar surface area (TPSA) is 0 Å². The summed E-state index contributed by atoms with van der Waals surface area (Å²) < 4.78 is 4.00. The molecule has 1 saturated heterocycles. The molecule has 0 atom stereocenters. The van der Waals surface area contributed by atoms with Gasteiger partial charge in [0.15, 0.2) is 0 Å². The van der Waals surface area contributed by atoms with Crippen molar-refractivity contribution in [3.8, 4) is 0 Å². The Hall–Kier alpha value is 1.22. The summed E-state index contributed by atoms with van der Waals surface area (Å²) in [5, 5.41) is 0. The van der Waals surface area contributed by atoms with Crippen molar-refractivity contribution in [2.45, 2.75) is 12.8 Å². The molecule has 3 aliphatic rings. The zero-order chi connectivity index (χ0) is 8.73. The van der Waals surface area contributed by atoms with E-state index >= 15 is 0 Å². The fraction of sp³-hybridized carbons (Fsp3) is 0.200. The van der Waals surface area contributed by atoms with Crippen LogP contribution in [0.3, 0.4) is 0 Å². The molecule has 0 aromatic heterocycles. The van der Waals surface area contributed by atoms with E-state index in [9.17, 15) is 0 Å². The molecule has 15 heavy (non-hydrogen) atoms. The van der Waals surface area contributed by atoms with Crippen molar-refractivity contribution >= 4 is 46.4 Å². The second-order valence-electron chi connectivity index (χ2n) is 4.23. The summed E-state index contributed by atoms with van der Waals surface area (Å²) in [6.07, 6.45) is 18.2. The van der Waals surface area contributed by atoms with E-state index in [1.165, 1.54) is 12.8 Å². The van der Waals surface area contributed by atoms with E-state index in [4.69, 9.17) is 0 Å². The van der Waals surface area contributed by atoms with Crippen molar-refractivity contribution in [2.24, 2.45) is 0 Å². The van der Waals surface area contributed by atoms with E-state index in [-0.39, 0.29) is 34.0 Å². The van der Waals surface area contributed by atoms with E-state index in [1.54, 1.807) is 0 Å². The number of allylic oxidation sites excluding steroid dienone is 8. The maximum absolute atomic E-state index is 2.49. The molecule has 0 aromatic carbocycles. The first-order valence-electron chi connectivity index (χ1n) is 5.14. The molecule has 1 heterocycles. The fourth-order valence-electron chi connectivity index (χ4n) is 2.58. The molecule has 82 valence electrons. The quantitative estimate of drug-likeness (QED) is 0.480. The first-order chi connectivity index (χ1) is 6.42. The molecule has 0 bridgehead atoms. The van der Waals surface area contributed by atoms with Crippen LogP contribution in [0.1, 0.15) is 12.8 Å². The molecule has 5 heteroatoms. The van der Waals surface area contributed by atoms with Crippen LogP contribution in [0.25, 0.3) is 0 Å². The zero-order valence-electron chi connectivity index (χ0n) is 8.61. The van der Waals surface area contributed by atoms with Gasteiger partial charge < -0.3 is 0 Å². The molecule has 0 aromatic rings. The predicted octanol–water partition coefficient (Wildman–Crippen LogP) is 2.08. The average Bonchev–Trinajstić information content (AvgIpc) is 2.68. The van der Waals surface area contributed by atoms with Gasteiger partial charge >= 0.3 is 86.7 Å². The third kappa shape index (κ3) is 2.56. The third-order valence-electron chi connectivity index (χ3n) is 3.52. The van der Waals surface area contributed by atoms with Gasteiger partial charge in [0, 0.05) is 0 Å². The molecule has 0 spiro atoms. The van der Waals surface area contributed by atoms with Crippen LogP contribution in [-0.2, 0) is 18.3 Å². The molecule has 0 nitrogen and oxygen atoms in total. The standard InChI is InChI=1S/2C5H5.2BrH.Hf.H4Si2/c2*1-2-4-5-3-1;;;;1-2/h2*1-3H,4H2;2*1H;;1-2H2. The first-order valence-corrected chi connectivity index (χ1v) is 29.4. The van der Waals surface area contributed by atoms with Crippen LogP contribution in [0.2, 0.25) is 0 Å². The van der Waals surface area contributed by atoms with E-state index in [1.807, 2.05) is 6.66 Å². The van der Waals surface area contributed by atoms with E-state index in [2.05, 4.69) is 36.5 Å². The van der Waals surface area contributed by atoms with E-state index in [0.29, 0.717) is 12.4 Å². The van der Waals surface area contributed by atoms with Gasteiger partial charge in [-0.1, -0.05) is 0 Å². The van der Waals surface area contributed by atoms with Gasteiger partial charge in [0.2, 0.25) is 0 Å². The van der Waals surface area contributed by atoms with Crippen LogP contribution >= 0.6 is 34.0 Å². The summed E-state index contributed by atoms with van der Waals surface area (Å²) in [4.78, 5) is 0. The zero-order valence-corrected chi connectivity index (χ0v) is 18.5. The minimum absolute atomic E-state index is 0. The summed E-state index contributed by atoms with van der Waals surface area (Å²) in [7, 11) is 0. The van der Waals surface area contributed by atoms with Gasteiger partial charge in [-0.15, -0.1) is 34.0 Å². The van der Waals surface area contributed by atoms with Gasteiger partial charge in [-0.3, -0.25) is 0 Å². The van der Waals surface area contributed by atoms with Gasteiger partial charge in [-0.2, -0.15) is 0 Å². The van der Waals surface area contributed by atoms with Crippen molar-refractivity contribution in [1.29, 1.82) is 0 Å². The summed E-state index contributed by atoms with van der Waals surface area (Å²) in [6, 6.07) is 0. The number of halogens is 2. The van der Waals surface area contributed by atoms with Crippen LogP contribution in [-0.4, -0.2) is 12.4 Å². The number of hydrogen-bond acceptors (Lipinski definition) is 0. The third-order valence-corrected chi connectivity index (χ3v) is 84.4. The van der Waals surface area contributed by atoms with Crippen LogP contribution < -0.4 is 0 Å². The molecule has 0 radical (unpaired) electrons. The number of hydrogen-bond donors (Lipinski definition) is 0. The van der Waals surface area contributed by atoms with Gasteiger partial charge in [0.05, 0.1) is 0 Å². The second-order valence-corrected chi connectivity index (χ2v) is 80.9. The normalized spacial score (nSPS) is 27.2. The molecule has 1 fully saturated rings. The summed E-state index contributed by atoms with van der Waals surface area (Å²) in [5.74, 6) is 0. The molecule has 0 N–H and O–H groups in total. The van der Waals surface area contributed by atoms with Crippen molar-refractivity contribution in [3.63, 3.8) is 0 Å². The second kappa shape index (κ2) is 5.71. The summed E-state index contributed by atoms with van der Waals surface area (Å²) in [6.45, 7) is 0. The van der Waals surface area contributed by atoms with Crippen molar-refractivity contribution in [2.75, 3.05) is 0 Å². The monoisotopic (exact) mass is 530 g/mol. The van der Waals surface area contributed by atoms with Crippen LogP contribution in [0.15, 0.2) is 43.1 Å². The van der Waals surface area contributed by atoms with Gasteiger partial charge in [0.1, 0.15) is 0 Å². The Morgan fingerprint density at radius 1 is 0.867 bits per heavy atom. The minimum atomic E-state index is -1.61. The van der Waals surface area contributed by atoms with Crippen molar-refractivity contribution in [3.05, 3.63) is 43.1 Å². The molecule has 0 amide bonds. The van der Waals surface area contributed by atoms with Gasteiger partial charge in [-0.05, 0) is 0 Å². The SMILES string of the molecule is Br.Br.C1=CC[C]([Hf]2([C]3=CC=CC3)[SiH2][SiH2]2)=C1. The molecular formula is C10H16Br2HfSi2. The Morgan fingerprint density at radius 2 is 1.33 bits per heavy atom. The molecule has 3 rings (SSSR count). The maximum atomic E-state index is 2.49. The Bertz CT molecular complexity index is 336. The summed E-state index contributed by atoms with van der Waals surface area (Å²) in [5.41, 5.74) is 0. The fourth-order valence-corrected chi connectivity index (χ4v) is 141. The van der Waals surface area contributed by atoms with Crippen molar-refractivity contribution < 1.29 is 18.3 Å². The predicted molar refractivity (Wildman–Crippen MR) is 81.4 cm³/mol. The Balaban J connectivity index is 0.000000562. The van der Waals surface area contributed by atoms with Crippen molar-refractivity contribution in [1.82, 2.24) is 0 Å². The Morgan fingerprint density at radius 3 is 1.60 bits per heavy atom. The van der Waals surface area contributed by atoms with E-state index in [0.717, 1.165) is 0 Å². The molecule has 2 aliphatic carbocycles. The van der Waals surface area contributed by atoms with Gasteiger partial charge in [-0.25, -0.2) is 0 Å². The van der Waals surface area contributed by atoms with Crippen LogP contribution in [0.4, 0.5) is 0 Å². The molecule has 0 unspecified atom stereocenters.